The van der Waals surface area contributed by atoms with Crippen molar-refractivity contribution in [2.75, 3.05) is 0 Å². The Morgan fingerprint density at radius 2 is 2.26 bits per heavy atom. The van der Waals surface area contributed by atoms with Crippen molar-refractivity contribution in [3.8, 4) is 0 Å². The van der Waals surface area contributed by atoms with E-state index in [1.165, 1.54) is 5.69 Å². The minimum atomic E-state index is -0.961. The van der Waals surface area contributed by atoms with E-state index in [4.69, 9.17) is 0 Å². The topological polar surface area (TPSA) is 72.5 Å². The largest absolute Gasteiger partial charge is 0.544 e. The van der Waals surface area contributed by atoms with Crippen LogP contribution in [0, 0.1) is 0 Å². The molecule has 3 rings (SSSR count). The summed E-state index contributed by atoms with van der Waals surface area (Å²) in [6.45, 7) is 2.12. The fourth-order valence-electron chi connectivity index (χ4n) is 3.14. The first-order valence-electron chi connectivity index (χ1n) is 6.86. The second-order valence-corrected chi connectivity index (χ2v) is 5.28. The number of aliphatic carboxylic acids is 1. The lowest BCUT2D eigenvalue weighted by Crippen LogP contribution is -2.95. The van der Waals surface area contributed by atoms with Crippen LogP contribution in [0.25, 0.3) is 10.9 Å². The van der Waals surface area contributed by atoms with E-state index in [0.717, 1.165) is 29.3 Å². The third-order valence-electron chi connectivity index (χ3n) is 4.01. The van der Waals surface area contributed by atoms with E-state index in [1.54, 1.807) is 0 Å². The van der Waals surface area contributed by atoms with Crippen molar-refractivity contribution in [3.63, 3.8) is 0 Å². The molecule has 4 nitrogen and oxygen atoms in total. The van der Waals surface area contributed by atoms with Gasteiger partial charge in [-0.2, -0.15) is 0 Å². The zero-order valence-corrected chi connectivity index (χ0v) is 11.0. The first-order chi connectivity index (χ1) is 9.20. The number of benzene rings is 1. The number of para-hydroxylation sites is 1. The van der Waals surface area contributed by atoms with Gasteiger partial charge in [0.05, 0.1) is 11.7 Å². The highest BCUT2D eigenvalue weighted by molar-refractivity contribution is 5.86. The molecule has 0 saturated carbocycles. The molecule has 100 valence electrons. The Balaban J connectivity index is 2.11. The number of carbonyl (C=O) groups is 1. The van der Waals surface area contributed by atoms with E-state index < -0.39 is 12.0 Å². The lowest BCUT2D eigenvalue weighted by atomic mass is 9.92. The summed E-state index contributed by atoms with van der Waals surface area (Å²) in [6.07, 6.45) is 2.56. The van der Waals surface area contributed by atoms with E-state index in [2.05, 4.69) is 18.0 Å². The van der Waals surface area contributed by atoms with Crippen LogP contribution >= 0.6 is 0 Å². The maximum atomic E-state index is 11.2. The van der Waals surface area contributed by atoms with Gasteiger partial charge >= 0.3 is 0 Å². The lowest BCUT2D eigenvalue weighted by Gasteiger charge is -2.28. The van der Waals surface area contributed by atoms with Crippen molar-refractivity contribution in [3.05, 3.63) is 35.5 Å². The van der Waals surface area contributed by atoms with E-state index in [9.17, 15) is 9.90 Å². The molecule has 0 unspecified atom stereocenters. The lowest BCUT2D eigenvalue weighted by molar-refractivity contribution is -0.726. The molecule has 4 heteroatoms. The third kappa shape index (κ3) is 2.02. The molecule has 0 bridgehead atoms. The highest BCUT2D eigenvalue weighted by Crippen LogP contribution is 2.30. The number of hydrogen-bond acceptors (Lipinski definition) is 2. The molecule has 3 N–H and O–H groups in total. The van der Waals surface area contributed by atoms with Gasteiger partial charge in [0.2, 0.25) is 0 Å². The SMILES string of the molecule is CCC[C@@H]1[NH2+][C@@H](C(=O)[O-])Cc2c1[nH]c1ccccc21. The van der Waals surface area contributed by atoms with Crippen molar-refractivity contribution in [2.45, 2.75) is 38.3 Å². The molecule has 0 amide bonds. The number of rotatable bonds is 3. The predicted molar refractivity (Wildman–Crippen MR) is 70.4 cm³/mol. The Bertz CT molecular complexity index is 618. The molecule has 2 atom stereocenters. The zero-order valence-electron chi connectivity index (χ0n) is 11.0. The number of carboxylic acid groups (broad SMARTS) is 1. The molecule has 19 heavy (non-hydrogen) atoms. The highest BCUT2D eigenvalue weighted by Gasteiger charge is 2.32. The summed E-state index contributed by atoms with van der Waals surface area (Å²) >= 11 is 0. The van der Waals surface area contributed by atoms with E-state index in [1.807, 2.05) is 23.5 Å². The molecule has 0 fully saturated rings. The highest BCUT2D eigenvalue weighted by atomic mass is 16.4. The summed E-state index contributed by atoms with van der Waals surface area (Å²) < 4.78 is 0. The Hall–Kier alpha value is -1.81. The molecule has 1 aliphatic heterocycles. The van der Waals surface area contributed by atoms with Crippen LogP contribution in [-0.2, 0) is 11.2 Å². The van der Waals surface area contributed by atoms with Gasteiger partial charge in [0.15, 0.2) is 0 Å². The number of carbonyl (C=O) groups excluding carboxylic acids is 1. The molecule has 0 aliphatic carbocycles. The van der Waals surface area contributed by atoms with Crippen LogP contribution in [-0.4, -0.2) is 17.0 Å². The number of aromatic amines is 1. The molecule has 0 spiro atoms. The van der Waals surface area contributed by atoms with Gasteiger partial charge in [0.1, 0.15) is 12.1 Å². The quantitative estimate of drug-likeness (QED) is 0.828. The van der Waals surface area contributed by atoms with Gasteiger partial charge in [-0.15, -0.1) is 0 Å². The number of hydrogen-bond donors (Lipinski definition) is 2. The number of quaternary nitrogens is 1. The molecule has 2 aromatic rings. The summed E-state index contributed by atoms with van der Waals surface area (Å²) in [7, 11) is 0. The number of H-pyrrole nitrogens is 1. The Labute approximate surface area is 111 Å². The smallest absolute Gasteiger partial charge is 0.131 e. The van der Waals surface area contributed by atoms with Gasteiger partial charge in [-0.3, -0.25) is 0 Å². The maximum Gasteiger partial charge on any atom is 0.131 e. The van der Waals surface area contributed by atoms with Crippen LogP contribution in [0.3, 0.4) is 0 Å². The Morgan fingerprint density at radius 1 is 1.47 bits per heavy atom. The van der Waals surface area contributed by atoms with E-state index in [-0.39, 0.29) is 6.04 Å². The Kier molecular flexibility index (Phi) is 3.03. The third-order valence-corrected chi connectivity index (χ3v) is 4.01. The summed E-state index contributed by atoms with van der Waals surface area (Å²) in [5, 5.41) is 14.3. The standard InChI is InChI=1S/C15H18N2O2/c1-2-5-12-14-10(8-13(16-12)15(18)19)9-6-3-4-7-11(9)17-14/h3-4,6-7,12-13,16-17H,2,5,8H2,1H3,(H,18,19)/t12-,13+/m0/s1. The molecule has 1 aromatic heterocycles. The minimum absolute atomic E-state index is 0.198. The van der Waals surface area contributed by atoms with Crippen LogP contribution in [0.4, 0.5) is 0 Å². The maximum absolute atomic E-state index is 11.2. The van der Waals surface area contributed by atoms with Crippen molar-refractivity contribution in [1.29, 1.82) is 0 Å². The average Bonchev–Trinajstić information content (AvgIpc) is 2.78. The van der Waals surface area contributed by atoms with Crippen LogP contribution in [0.15, 0.2) is 24.3 Å². The first kappa shape index (κ1) is 12.2. The Morgan fingerprint density at radius 3 is 3.00 bits per heavy atom. The van der Waals surface area contributed by atoms with Crippen LogP contribution in [0.2, 0.25) is 0 Å². The molecule has 2 heterocycles. The van der Waals surface area contributed by atoms with Gasteiger partial charge in [-0.1, -0.05) is 31.5 Å². The number of nitrogens with two attached hydrogens (primary N) is 1. The van der Waals surface area contributed by atoms with Gasteiger partial charge in [0, 0.05) is 23.7 Å². The van der Waals surface area contributed by atoms with Crippen molar-refractivity contribution in [1.82, 2.24) is 4.98 Å². The molecule has 0 radical (unpaired) electrons. The summed E-state index contributed by atoms with van der Waals surface area (Å²) in [5.41, 5.74) is 3.45. The number of nitrogens with one attached hydrogen (secondary N) is 1. The summed E-state index contributed by atoms with van der Waals surface area (Å²) in [6, 6.07) is 7.83. The first-order valence-corrected chi connectivity index (χ1v) is 6.86. The summed E-state index contributed by atoms with van der Waals surface area (Å²) in [5.74, 6) is -0.961. The second-order valence-electron chi connectivity index (χ2n) is 5.28. The summed E-state index contributed by atoms with van der Waals surface area (Å²) in [4.78, 5) is 14.7. The predicted octanol–water partition coefficient (Wildman–Crippen LogP) is 0.247. The minimum Gasteiger partial charge on any atom is -0.544 e. The van der Waals surface area contributed by atoms with Crippen molar-refractivity contribution < 1.29 is 15.2 Å². The van der Waals surface area contributed by atoms with Gasteiger partial charge in [0.25, 0.3) is 0 Å². The van der Waals surface area contributed by atoms with Crippen LogP contribution < -0.4 is 10.4 Å². The fraction of sp³-hybridized carbons (Fsp3) is 0.400. The van der Waals surface area contributed by atoms with Gasteiger partial charge in [-0.05, 0) is 11.6 Å². The molecular weight excluding hydrogens is 240 g/mol. The normalized spacial score (nSPS) is 22.4. The van der Waals surface area contributed by atoms with Crippen molar-refractivity contribution in [2.24, 2.45) is 0 Å². The number of carboxylic acids is 1. The fourth-order valence-corrected chi connectivity index (χ4v) is 3.14. The van der Waals surface area contributed by atoms with Crippen LogP contribution in [0.5, 0.6) is 0 Å². The molecule has 1 aromatic carbocycles. The van der Waals surface area contributed by atoms with Crippen LogP contribution in [0.1, 0.15) is 37.1 Å². The average molecular weight is 258 g/mol. The van der Waals surface area contributed by atoms with Gasteiger partial charge < -0.3 is 20.2 Å². The molecule has 1 aliphatic rings. The second kappa shape index (κ2) is 4.70. The molecule has 0 saturated heterocycles. The molecular formula is C15H18N2O2. The monoisotopic (exact) mass is 258 g/mol. The van der Waals surface area contributed by atoms with E-state index in [0.29, 0.717) is 6.42 Å². The number of aromatic nitrogens is 1. The van der Waals surface area contributed by atoms with Crippen molar-refractivity contribution >= 4 is 16.9 Å². The zero-order chi connectivity index (χ0) is 13.4. The van der Waals surface area contributed by atoms with E-state index >= 15 is 0 Å². The van der Waals surface area contributed by atoms with Gasteiger partial charge in [-0.25, -0.2) is 0 Å². The number of fused-ring (bicyclic) bond motifs is 3.